The van der Waals surface area contributed by atoms with E-state index in [-0.39, 0.29) is 12.1 Å². The quantitative estimate of drug-likeness (QED) is 0.259. The summed E-state index contributed by atoms with van der Waals surface area (Å²) in [5.41, 5.74) is 5.73. The second-order valence-corrected chi connectivity index (χ2v) is 8.99. The number of thiocarbonyl (C=S) groups is 1. The molecule has 5 rings (SSSR count). The minimum Gasteiger partial charge on any atom is -0.385 e. The molecule has 0 unspecified atom stereocenters. The van der Waals surface area contributed by atoms with E-state index in [9.17, 15) is 0 Å². The third-order valence-corrected chi connectivity index (χ3v) is 6.62. The number of hydrogen-bond acceptors (Lipinski definition) is 3. The molecule has 1 saturated heterocycles. The number of nitrogens with zero attached hydrogens (tertiary/aromatic N) is 3. The van der Waals surface area contributed by atoms with Crippen LogP contribution < -0.4 is 10.6 Å². The molecule has 0 bridgehead atoms. The van der Waals surface area contributed by atoms with Gasteiger partial charge in [-0.1, -0.05) is 42.0 Å². The molecule has 0 spiro atoms. The highest BCUT2D eigenvalue weighted by Crippen LogP contribution is 2.39. The van der Waals surface area contributed by atoms with Crippen LogP contribution in [0.2, 0.25) is 0 Å². The fraction of sp³-hybridized carbons (Fsp3) is 0.214. The van der Waals surface area contributed by atoms with Gasteiger partial charge in [0.15, 0.2) is 5.11 Å². The first kappa shape index (κ1) is 22.2. The van der Waals surface area contributed by atoms with Crippen molar-refractivity contribution in [2.75, 3.05) is 18.4 Å². The van der Waals surface area contributed by atoms with Crippen molar-refractivity contribution in [2.45, 2.75) is 25.4 Å². The van der Waals surface area contributed by atoms with E-state index in [2.05, 4.69) is 105 Å². The highest BCUT2D eigenvalue weighted by molar-refractivity contribution is 7.80. The summed E-state index contributed by atoms with van der Waals surface area (Å²) in [6, 6.07) is 29.4. The maximum Gasteiger partial charge on any atom is 0.170 e. The average molecular weight is 468 g/mol. The summed E-state index contributed by atoms with van der Waals surface area (Å²) in [5, 5.41) is 7.85. The molecule has 2 aromatic carbocycles. The van der Waals surface area contributed by atoms with Crippen LogP contribution in [0.25, 0.3) is 5.69 Å². The van der Waals surface area contributed by atoms with Crippen LogP contribution in [0.4, 0.5) is 5.69 Å². The smallest absolute Gasteiger partial charge is 0.170 e. The molecular formula is C28H29N5S. The lowest BCUT2D eigenvalue weighted by Crippen LogP contribution is -2.32. The molecule has 2 aromatic heterocycles. The first-order chi connectivity index (χ1) is 16.7. The Morgan fingerprint density at radius 2 is 1.74 bits per heavy atom. The molecular weight excluding hydrogens is 438 g/mol. The third kappa shape index (κ3) is 4.68. The molecule has 0 aliphatic carbocycles. The van der Waals surface area contributed by atoms with E-state index in [1.165, 1.54) is 11.3 Å². The van der Waals surface area contributed by atoms with Gasteiger partial charge in [0.25, 0.3) is 0 Å². The van der Waals surface area contributed by atoms with Crippen LogP contribution >= 0.6 is 12.2 Å². The van der Waals surface area contributed by atoms with Crippen molar-refractivity contribution in [1.82, 2.24) is 19.8 Å². The molecule has 2 atom stereocenters. The SMILES string of the molecule is Cc1ccc(-n2cccc2[C@H]2[C@H](c3ccccn3)NC(=S)N2CCCNc2ccccc2)cc1. The van der Waals surface area contributed by atoms with E-state index in [1.807, 2.05) is 24.4 Å². The summed E-state index contributed by atoms with van der Waals surface area (Å²) < 4.78 is 2.27. The maximum absolute atomic E-state index is 5.85. The number of anilines is 1. The highest BCUT2D eigenvalue weighted by Gasteiger charge is 2.40. The number of benzene rings is 2. The second kappa shape index (κ2) is 10.1. The number of para-hydroxylation sites is 1. The highest BCUT2D eigenvalue weighted by atomic mass is 32.1. The van der Waals surface area contributed by atoms with Crippen LogP contribution in [0.5, 0.6) is 0 Å². The Balaban J connectivity index is 1.42. The lowest BCUT2D eigenvalue weighted by Gasteiger charge is -2.29. The monoisotopic (exact) mass is 467 g/mol. The number of aryl methyl sites for hydroxylation is 1. The molecule has 1 fully saturated rings. The Labute approximate surface area is 206 Å². The Kier molecular flexibility index (Phi) is 6.58. The first-order valence-electron chi connectivity index (χ1n) is 11.7. The topological polar surface area (TPSA) is 45.1 Å². The summed E-state index contributed by atoms with van der Waals surface area (Å²) in [4.78, 5) is 6.99. The zero-order valence-corrected chi connectivity index (χ0v) is 20.1. The fourth-order valence-electron chi connectivity index (χ4n) is 4.58. The van der Waals surface area contributed by atoms with Gasteiger partial charge in [0, 0.05) is 42.6 Å². The third-order valence-electron chi connectivity index (χ3n) is 6.27. The predicted molar refractivity (Wildman–Crippen MR) is 142 cm³/mol. The fourth-order valence-corrected chi connectivity index (χ4v) is 4.91. The van der Waals surface area contributed by atoms with Crippen molar-refractivity contribution < 1.29 is 0 Å². The van der Waals surface area contributed by atoms with E-state index in [0.717, 1.165) is 41.7 Å². The Bertz CT molecular complexity index is 1220. The molecule has 1 aliphatic heterocycles. The van der Waals surface area contributed by atoms with Crippen LogP contribution in [0.1, 0.15) is 35.5 Å². The number of rotatable bonds is 8. The molecule has 1 aliphatic rings. The van der Waals surface area contributed by atoms with E-state index in [4.69, 9.17) is 12.2 Å². The molecule has 172 valence electrons. The lowest BCUT2D eigenvalue weighted by atomic mass is 10.0. The van der Waals surface area contributed by atoms with Crippen LogP contribution in [0.3, 0.4) is 0 Å². The predicted octanol–water partition coefficient (Wildman–Crippen LogP) is 5.66. The van der Waals surface area contributed by atoms with Gasteiger partial charge in [-0.15, -0.1) is 0 Å². The van der Waals surface area contributed by atoms with Gasteiger partial charge in [0.1, 0.15) is 0 Å². The van der Waals surface area contributed by atoms with Crippen molar-refractivity contribution in [3.8, 4) is 5.69 Å². The van der Waals surface area contributed by atoms with Gasteiger partial charge >= 0.3 is 0 Å². The zero-order chi connectivity index (χ0) is 23.3. The van der Waals surface area contributed by atoms with Crippen LogP contribution in [-0.4, -0.2) is 32.7 Å². The van der Waals surface area contributed by atoms with Gasteiger partial charge in [0.2, 0.25) is 0 Å². The Morgan fingerprint density at radius 1 is 0.941 bits per heavy atom. The second-order valence-electron chi connectivity index (χ2n) is 8.60. The van der Waals surface area contributed by atoms with Gasteiger partial charge in [-0.25, -0.2) is 0 Å². The average Bonchev–Trinajstić information content (AvgIpc) is 3.48. The number of pyridine rings is 1. The van der Waals surface area contributed by atoms with E-state index >= 15 is 0 Å². The van der Waals surface area contributed by atoms with E-state index in [1.54, 1.807) is 0 Å². The van der Waals surface area contributed by atoms with Crippen LogP contribution in [0.15, 0.2) is 97.3 Å². The van der Waals surface area contributed by atoms with Gasteiger partial charge in [-0.2, -0.15) is 0 Å². The molecule has 3 heterocycles. The molecule has 34 heavy (non-hydrogen) atoms. The van der Waals surface area contributed by atoms with Crippen LogP contribution in [0, 0.1) is 6.92 Å². The maximum atomic E-state index is 5.85. The van der Waals surface area contributed by atoms with Crippen molar-refractivity contribution in [3.63, 3.8) is 0 Å². The minimum atomic E-state index is -0.0186. The van der Waals surface area contributed by atoms with E-state index < -0.39 is 0 Å². The molecule has 2 N–H and O–H groups in total. The van der Waals surface area contributed by atoms with Crippen molar-refractivity contribution in [1.29, 1.82) is 0 Å². The molecule has 0 saturated carbocycles. The zero-order valence-electron chi connectivity index (χ0n) is 19.3. The van der Waals surface area contributed by atoms with E-state index in [0.29, 0.717) is 0 Å². The van der Waals surface area contributed by atoms with Crippen molar-refractivity contribution in [3.05, 3.63) is 114 Å². The summed E-state index contributed by atoms with van der Waals surface area (Å²) >= 11 is 5.85. The Hall–Kier alpha value is -3.64. The Morgan fingerprint density at radius 3 is 2.50 bits per heavy atom. The van der Waals surface area contributed by atoms with Gasteiger partial charge in [-0.05, 0) is 74.1 Å². The van der Waals surface area contributed by atoms with Gasteiger partial charge in [0.05, 0.1) is 17.8 Å². The summed E-state index contributed by atoms with van der Waals surface area (Å²) in [6.07, 6.45) is 4.95. The molecule has 6 heteroatoms. The normalized spacial score (nSPS) is 17.6. The summed E-state index contributed by atoms with van der Waals surface area (Å²) in [6.45, 7) is 3.84. The van der Waals surface area contributed by atoms with Crippen molar-refractivity contribution >= 4 is 23.0 Å². The molecule has 4 aromatic rings. The summed E-state index contributed by atoms with van der Waals surface area (Å²) in [7, 11) is 0. The number of aromatic nitrogens is 2. The first-order valence-corrected chi connectivity index (χ1v) is 12.1. The standard InChI is InChI=1S/C28H29N5S/c1-21-13-15-23(16-14-21)32-19-7-12-25(32)27-26(24-11-5-6-17-30-24)31-28(34)33(27)20-8-18-29-22-9-3-2-4-10-22/h2-7,9-17,19,26-27,29H,8,18,20H2,1H3,(H,31,34)/t26-,27-/m0/s1. The molecule has 0 amide bonds. The lowest BCUT2D eigenvalue weighted by molar-refractivity contribution is 0.307. The summed E-state index contributed by atoms with van der Waals surface area (Å²) in [5.74, 6) is 0. The van der Waals surface area contributed by atoms with Gasteiger partial charge < -0.3 is 20.1 Å². The number of hydrogen-bond donors (Lipinski definition) is 2. The minimum absolute atomic E-state index is 0.0186. The molecule has 5 nitrogen and oxygen atoms in total. The van der Waals surface area contributed by atoms with Crippen molar-refractivity contribution in [2.24, 2.45) is 0 Å². The number of nitrogens with one attached hydrogen (secondary N) is 2. The van der Waals surface area contributed by atoms with Gasteiger partial charge in [-0.3, -0.25) is 4.98 Å². The van der Waals surface area contributed by atoms with Crippen LogP contribution in [-0.2, 0) is 0 Å². The molecule has 0 radical (unpaired) electrons. The largest absolute Gasteiger partial charge is 0.385 e.